The summed E-state index contributed by atoms with van der Waals surface area (Å²) in [7, 11) is 1.66. The van der Waals surface area contributed by atoms with Crippen LogP contribution in [0.4, 0.5) is 0 Å². The fourth-order valence-electron chi connectivity index (χ4n) is 2.99. The van der Waals surface area contributed by atoms with E-state index in [1.807, 2.05) is 36.1 Å². The van der Waals surface area contributed by atoms with Crippen molar-refractivity contribution >= 4 is 17.2 Å². The standard InChI is InChI=1S/C18H23N3O3S/c1-3-24-12-16(22)21-10-8-13(9-11-21)17-19-20-18(25-17)14-6-4-5-7-15(14)23-2/h4-7,13H,3,8-12H2,1-2H3. The van der Waals surface area contributed by atoms with E-state index in [0.717, 1.165) is 47.3 Å². The van der Waals surface area contributed by atoms with Gasteiger partial charge in [-0.3, -0.25) is 4.79 Å². The second-order valence-corrected chi connectivity index (χ2v) is 6.95. The minimum atomic E-state index is 0.0762. The molecule has 1 saturated heterocycles. The number of ether oxygens (including phenoxy) is 2. The van der Waals surface area contributed by atoms with Crippen LogP contribution < -0.4 is 4.74 Å². The van der Waals surface area contributed by atoms with Crippen molar-refractivity contribution in [3.8, 4) is 16.3 Å². The third kappa shape index (κ3) is 4.16. The van der Waals surface area contributed by atoms with Crippen molar-refractivity contribution in [3.63, 3.8) is 0 Å². The van der Waals surface area contributed by atoms with Crippen molar-refractivity contribution < 1.29 is 14.3 Å². The quantitative estimate of drug-likeness (QED) is 0.791. The van der Waals surface area contributed by atoms with Crippen LogP contribution in [0.1, 0.15) is 30.7 Å². The fourth-order valence-corrected chi connectivity index (χ4v) is 4.03. The third-order valence-electron chi connectivity index (χ3n) is 4.40. The summed E-state index contributed by atoms with van der Waals surface area (Å²) in [6.45, 7) is 4.14. The van der Waals surface area contributed by atoms with E-state index in [0.29, 0.717) is 12.5 Å². The SMILES string of the molecule is CCOCC(=O)N1CCC(c2nnc(-c3ccccc3OC)s2)CC1. The Hall–Kier alpha value is -1.99. The van der Waals surface area contributed by atoms with Gasteiger partial charge >= 0.3 is 0 Å². The van der Waals surface area contributed by atoms with Crippen molar-refractivity contribution in [2.45, 2.75) is 25.7 Å². The van der Waals surface area contributed by atoms with E-state index in [2.05, 4.69) is 10.2 Å². The molecule has 0 unspecified atom stereocenters. The molecule has 1 amide bonds. The van der Waals surface area contributed by atoms with Gasteiger partial charge in [-0.05, 0) is 31.9 Å². The second-order valence-electron chi connectivity index (χ2n) is 5.94. The van der Waals surface area contributed by atoms with Crippen molar-refractivity contribution in [3.05, 3.63) is 29.3 Å². The summed E-state index contributed by atoms with van der Waals surface area (Å²) < 4.78 is 10.6. The molecule has 25 heavy (non-hydrogen) atoms. The van der Waals surface area contributed by atoms with Gasteiger partial charge in [0.2, 0.25) is 5.91 Å². The Labute approximate surface area is 151 Å². The molecule has 1 aliphatic heterocycles. The van der Waals surface area contributed by atoms with Crippen LogP contribution in [0, 0.1) is 0 Å². The maximum Gasteiger partial charge on any atom is 0.248 e. The maximum atomic E-state index is 12.0. The predicted octanol–water partition coefficient (Wildman–Crippen LogP) is 2.96. The number of benzene rings is 1. The van der Waals surface area contributed by atoms with E-state index in [1.165, 1.54) is 0 Å². The Morgan fingerprint density at radius 3 is 2.76 bits per heavy atom. The van der Waals surface area contributed by atoms with E-state index in [-0.39, 0.29) is 12.5 Å². The number of piperidine rings is 1. The van der Waals surface area contributed by atoms with Gasteiger partial charge < -0.3 is 14.4 Å². The van der Waals surface area contributed by atoms with Gasteiger partial charge in [0, 0.05) is 25.6 Å². The number of carbonyl (C=O) groups excluding carboxylic acids is 1. The normalized spacial score (nSPS) is 15.4. The van der Waals surface area contributed by atoms with Crippen molar-refractivity contribution in [2.24, 2.45) is 0 Å². The largest absolute Gasteiger partial charge is 0.496 e. The Kier molecular flexibility index (Phi) is 5.99. The first-order valence-electron chi connectivity index (χ1n) is 8.55. The average molecular weight is 361 g/mol. The Balaban J connectivity index is 1.63. The fraction of sp³-hybridized carbons (Fsp3) is 0.500. The topological polar surface area (TPSA) is 64.5 Å². The molecule has 2 heterocycles. The molecule has 2 aromatic rings. The molecule has 1 aliphatic rings. The number of amides is 1. The molecule has 7 heteroatoms. The molecular formula is C18H23N3O3S. The summed E-state index contributed by atoms with van der Waals surface area (Å²) in [5.41, 5.74) is 0.970. The molecule has 0 spiro atoms. The lowest BCUT2D eigenvalue weighted by atomic mass is 9.98. The van der Waals surface area contributed by atoms with Gasteiger partial charge in [0.05, 0.1) is 12.7 Å². The zero-order chi connectivity index (χ0) is 17.6. The van der Waals surface area contributed by atoms with Crippen molar-refractivity contribution in [1.29, 1.82) is 0 Å². The minimum Gasteiger partial charge on any atom is -0.496 e. The van der Waals surface area contributed by atoms with Gasteiger partial charge in [-0.15, -0.1) is 10.2 Å². The molecule has 0 atom stereocenters. The Morgan fingerprint density at radius 2 is 2.04 bits per heavy atom. The highest BCUT2D eigenvalue weighted by molar-refractivity contribution is 7.14. The van der Waals surface area contributed by atoms with Crippen LogP contribution in [0.3, 0.4) is 0 Å². The van der Waals surface area contributed by atoms with E-state index >= 15 is 0 Å². The highest BCUT2D eigenvalue weighted by atomic mass is 32.1. The zero-order valence-corrected chi connectivity index (χ0v) is 15.4. The van der Waals surface area contributed by atoms with Crippen molar-refractivity contribution in [1.82, 2.24) is 15.1 Å². The first kappa shape index (κ1) is 17.8. The minimum absolute atomic E-state index is 0.0762. The number of likely N-dealkylation sites (tertiary alicyclic amines) is 1. The first-order chi connectivity index (χ1) is 12.2. The number of rotatable bonds is 6. The van der Waals surface area contributed by atoms with Crippen LogP contribution in [0.2, 0.25) is 0 Å². The summed E-state index contributed by atoms with van der Waals surface area (Å²) in [6, 6.07) is 7.84. The molecule has 134 valence electrons. The van der Waals surface area contributed by atoms with Crippen LogP contribution >= 0.6 is 11.3 Å². The van der Waals surface area contributed by atoms with Gasteiger partial charge in [0.15, 0.2) is 5.01 Å². The molecule has 1 fully saturated rings. The van der Waals surface area contributed by atoms with E-state index in [4.69, 9.17) is 9.47 Å². The highest BCUT2D eigenvalue weighted by Crippen LogP contribution is 2.36. The lowest BCUT2D eigenvalue weighted by Gasteiger charge is -2.30. The first-order valence-corrected chi connectivity index (χ1v) is 9.37. The predicted molar refractivity (Wildman–Crippen MR) is 96.9 cm³/mol. The highest BCUT2D eigenvalue weighted by Gasteiger charge is 2.26. The summed E-state index contributed by atoms with van der Waals surface area (Å²) >= 11 is 1.62. The van der Waals surface area contributed by atoms with Crippen LogP contribution in [0.5, 0.6) is 5.75 Å². The van der Waals surface area contributed by atoms with E-state index in [1.54, 1.807) is 18.4 Å². The smallest absolute Gasteiger partial charge is 0.248 e. The van der Waals surface area contributed by atoms with E-state index in [9.17, 15) is 4.79 Å². The summed E-state index contributed by atoms with van der Waals surface area (Å²) in [4.78, 5) is 13.9. The number of carbonyl (C=O) groups is 1. The van der Waals surface area contributed by atoms with Crippen LogP contribution in [-0.4, -0.2) is 54.4 Å². The molecule has 1 aromatic heterocycles. The van der Waals surface area contributed by atoms with Crippen LogP contribution in [0.15, 0.2) is 24.3 Å². The molecular weight excluding hydrogens is 338 g/mol. The van der Waals surface area contributed by atoms with Crippen molar-refractivity contribution in [2.75, 3.05) is 33.4 Å². The lowest BCUT2D eigenvalue weighted by Crippen LogP contribution is -2.39. The van der Waals surface area contributed by atoms with Crippen LogP contribution in [-0.2, 0) is 9.53 Å². The number of aromatic nitrogens is 2. The van der Waals surface area contributed by atoms with E-state index < -0.39 is 0 Å². The average Bonchev–Trinajstić information content (AvgIpc) is 3.16. The number of para-hydroxylation sites is 1. The second kappa shape index (κ2) is 8.40. The molecule has 1 aromatic carbocycles. The molecule has 0 saturated carbocycles. The lowest BCUT2D eigenvalue weighted by molar-refractivity contribution is -0.137. The summed E-state index contributed by atoms with van der Waals surface area (Å²) in [6.07, 6.45) is 1.83. The molecule has 0 bridgehead atoms. The monoisotopic (exact) mass is 361 g/mol. The molecule has 0 N–H and O–H groups in total. The number of methoxy groups -OCH3 is 1. The van der Waals surface area contributed by atoms with Crippen LogP contribution in [0.25, 0.3) is 10.6 Å². The third-order valence-corrected chi connectivity index (χ3v) is 5.52. The molecule has 6 nitrogen and oxygen atoms in total. The summed E-state index contributed by atoms with van der Waals surface area (Å²) in [5, 5.41) is 10.7. The Bertz CT molecular complexity index is 711. The van der Waals surface area contributed by atoms with Gasteiger partial charge in [-0.1, -0.05) is 23.5 Å². The summed E-state index contributed by atoms with van der Waals surface area (Å²) in [5.74, 6) is 1.24. The van der Waals surface area contributed by atoms with Gasteiger partial charge in [-0.2, -0.15) is 0 Å². The van der Waals surface area contributed by atoms with Gasteiger partial charge in [-0.25, -0.2) is 0 Å². The molecule has 0 aliphatic carbocycles. The maximum absolute atomic E-state index is 12.0. The van der Waals surface area contributed by atoms with Gasteiger partial charge in [0.25, 0.3) is 0 Å². The molecule has 3 rings (SSSR count). The number of hydrogen-bond acceptors (Lipinski definition) is 6. The Morgan fingerprint density at radius 1 is 1.28 bits per heavy atom. The zero-order valence-electron chi connectivity index (χ0n) is 14.6. The van der Waals surface area contributed by atoms with Gasteiger partial charge in [0.1, 0.15) is 17.4 Å². The molecule has 0 radical (unpaired) electrons. The number of hydrogen-bond donors (Lipinski definition) is 0. The number of nitrogens with zero attached hydrogens (tertiary/aromatic N) is 3.